The number of carbonyl (C=O) groups is 2. The lowest BCUT2D eigenvalue weighted by atomic mass is 9.89. The van der Waals surface area contributed by atoms with Crippen LogP contribution >= 0.6 is 0 Å². The van der Waals surface area contributed by atoms with Crippen LogP contribution in [0.5, 0.6) is 0 Å². The van der Waals surface area contributed by atoms with E-state index in [9.17, 15) is 9.59 Å². The van der Waals surface area contributed by atoms with Crippen molar-refractivity contribution >= 4 is 11.8 Å². The zero-order chi connectivity index (χ0) is 20.6. The van der Waals surface area contributed by atoms with Crippen molar-refractivity contribution in [1.82, 2.24) is 14.4 Å². The summed E-state index contributed by atoms with van der Waals surface area (Å²) in [5.74, 6) is 0.175. The van der Waals surface area contributed by atoms with Crippen LogP contribution in [0.3, 0.4) is 0 Å². The van der Waals surface area contributed by atoms with Crippen molar-refractivity contribution in [2.75, 3.05) is 32.8 Å². The van der Waals surface area contributed by atoms with Crippen LogP contribution in [0.4, 0.5) is 0 Å². The molecule has 2 aliphatic heterocycles. The predicted molar refractivity (Wildman–Crippen MR) is 111 cm³/mol. The van der Waals surface area contributed by atoms with E-state index in [4.69, 9.17) is 4.74 Å². The van der Waals surface area contributed by atoms with Gasteiger partial charge in [-0.2, -0.15) is 0 Å². The van der Waals surface area contributed by atoms with Crippen LogP contribution in [0, 0.1) is 13.8 Å². The van der Waals surface area contributed by atoms with E-state index in [2.05, 4.69) is 16.7 Å². The van der Waals surface area contributed by atoms with Crippen molar-refractivity contribution in [3.05, 3.63) is 53.3 Å². The van der Waals surface area contributed by atoms with Gasteiger partial charge in [0.05, 0.1) is 24.3 Å². The van der Waals surface area contributed by atoms with Crippen molar-refractivity contribution in [2.45, 2.75) is 39.2 Å². The fourth-order valence-electron chi connectivity index (χ4n) is 4.67. The van der Waals surface area contributed by atoms with Crippen LogP contribution < -0.4 is 0 Å². The molecule has 0 saturated carbocycles. The number of morpholine rings is 1. The summed E-state index contributed by atoms with van der Waals surface area (Å²) >= 11 is 0. The van der Waals surface area contributed by atoms with Gasteiger partial charge in [-0.15, -0.1) is 0 Å². The SMILES string of the molecule is CC(=O)N1CCC2(CC1)CN(C(=O)c1cc(C)n(-c3ccccc3)c1C)CCO2. The quantitative estimate of drug-likeness (QED) is 0.786. The molecule has 0 atom stereocenters. The third kappa shape index (κ3) is 3.69. The van der Waals surface area contributed by atoms with Gasteiger partial charge in [0.15, 0.2) is 0 Å². The van der Waals surface area contributed by atoms with E-state index in [0.29, 0.717) is 32.8 Å². The van der Waals surface area contributed by atoms with Gasteiger partial charge in [-0.25, -0.2) is 0 Å². The Balaban J connectivity index is 1.54. The number of hydrogen-bond donors (Lipinski definition) is 0. The zero-order valence-corrected chi connectivity index (χ0v) is 17.5. The number of amides is 2. The van der Waals surface area contributed by atoms with Crippen molar-refractivity contribution < 1.29 is 14.3 Å². The first-order chi connectivity index (χ1) is 13.9. The maximum Gasteiger partial charge on any atom is 0.255 e. The Kier molecular flexibility index (Phi) is 5.21. The topological polar surface area (TPSA) is 54.8 Å². The smallest absolute Gasteiger partial charge is 0.255 e. The first kappa shape index (κ1) is 19.7. The van der Waals surface area contributed by atoms with Crippen molar-refractivity contribution in [2.24, 2.45) is 0 Å². The normalized spacial score (nSPS) is 18.9. The van der Waals surface area contributed by atoms with E-state index in [1.165, 1.54) is 0 Å². The largest absolute Gasteiger partial charge is 0.371 e. The Morgan fingerprint density at radius 1 is 1.00 bits per heavy atom. The Morgan fingerprint density at radius 2 is 1.69 bits per heavy atom. The molecule has 0 N–H and O–H groups in total. The van der Waals surface area contributed by atoms with Crippen molar-refractivity contribution in [1.29, 1.82) is 0 Å². The summed E-state index contributed by atoms with van der Waals surface area (Å²) in [6.07, 6.45) is 1.55. The molecule has 3 heterocycles. The molecule has 1 spiro atoms. The van der Waals surface area contributed by atoms with Gasteiger partial charge in [-0.05, 0) is 44.9 Å². The minimum Gasteiger partial charge on any atom is -0.371 e. The van der Waals surface area contributed by atoms with Crippen molar-refractivity contribution in [3.8, 4) is 5.69 Å². The standard InChI is InChI=1S/C23H29N3O3/c1-17-15-21(18(2)26(17)20-7-5-4-6-8-20)22(28)25-13-14-29-23(16-25)9-11-24(12-10-23)19(3)27/h4-8,15H,9-14,16H2,1-3H3. The minimum absolute atomic E-state index is 0.0666. The Hall–Kier alpha value is -2.60. The number of aryl methyl sites for hydroxylation is 1. The van der Waals surface area contributed by atoms with Crippen LogP contribution in [0.1, 0.15) is 41.5 Å². The molecule has 0 unspecified atom stereocenters. The van der Waals surface area contributed by atoms with Gasteiger partial charge in [-0.1, -0.05) is 18.2 Å². The number of aromatic nitrogens is 1. The van der Waals surface area contributed by atoms with E-state index in [1.54, 1.807) is 6.92 Å². The summed E-state index contributed by atoms with van der Waals surface area (Å²) in [5, 5.41) is 0. The van der Waals surface area contributed by atoms with Crippen LogP contribution in [0.2, 0.25) is 0 Å². The molecule has 1 aromatic carbocycles. The van der Waals surface area contributed by atoms with E-state index < -0.39 is 0 Å². The highest BCUT2D eigenvalue weighted by Gasteiger charge is 2.41. The zero-order valence-electron chi connectivity index (χ0n) is 17.5. The Morgan fingerprint density at radius 3 is 2.34 bits per heavy atom. The number of rotatable bonds is 2. The number of para-hydroxylation sites is 1. The molecule has 2 amide bonds. The van der Waals surface area contributed by atoms with Gasteiger partial charge >= 0.3 is 0 Å². The molecule has 0 aliphatic carbocycles. The molecule has 4 rings (SSSR count). The van der Waals surface area contributed by atoms with Crippen LogP contribution in [-0.2, 0) is 9.53 Å². The second kappa shape index (κ2) is 7.67. The molecule has 1 aromatic heterocycles. The summed E-state index contributed by atoms with van der Waals surface area (Å²) < 4.78 is 8.28. The molecule has 0 bridgehead atoms. The summed E-state index contributed by atoms with van der Waals surface area (Å²) in [6, 6.07) is 12.1. The predicted octanol–water partition coefficient (Wildman–Crippen LogP) is 2.95. The number of piperidine rings is 1. The third-order valence-corrected chi connectivity index (χ3v) is 6.33. The monoisotopic (exact) mass is 395 g/mol. The van der Waals surface area contributed by atoms with E-state index in [1.807, 2.05) is 47.9 Å². The van der Waals surface area contributed by atoms with Gasteiger partial charge < -0.3 is 19.1 Å². The van der Waals surface area contributed by atoms with Gasteiger partial charge in [0.25, 0.3) is 5.91 Å². The fourth-order valence-corrected chi connectivity index (χ4v) is 4.67. The lowest BCUT2D eigenvalue weighted by Crippen LogP contribution is -2.58. The first-order valence-electron chi connectivity index (χ1n) is 10.3. The highest BCUT2D eigenvalue weighted by Crippen LogP contribution is 2.31. The minimum atomic E-state index is -0.329. The van der Waals surface area contributed by atoms with E-state index in [0.717, 1.165) is 35.5 Å². The molecule has 2 aliphatic rings. The average Bonchev–Trinajstić information content (AvgIpc) is 3.02. The summed E-state index contributed by atoms with van der Waals surface area (Å²) in [4.78, 5) is 28.8. The van der Waals surface area contributed by atoms with Crippen LogP contribution in [0.25, 0.3) is 5.69 Å². The number of nitrogens with zero attached hydrogens (tertiary/aromatic N) is 3. The number of carbonyl (C=O) groups excluding carboxylic acids is 2. The molecular weight excluding hydrogens is 366 g/mol. The second-order valence-electron chi connectivity index (χ2n) is 8.22. The van der Waals surface area contributed by atoms with E-state index in [-0.39, 0.29) is 17.4 Å². The molecule has 29 heavy (non-hydrogen) atoms. The van der Waals surface area contributed by atoms with Gasteiger partial charge in [0.1, 0.15) is 0 Å². The summed E-state index contributed by atoms with van der Waals surface area (Å²) in [6.45, 7) is 8.78. The second-order valence-corrected chi connectivity index (χ2v) is 8.22. The highest BCUT2D eigenvalue weighted by molar-refractivity contribution is 5.96. The number of ether oxygens (including phenoxy) is 1. The van der Waals surface area contributed by atoms with Gasteiger partial charge in [0.2, 0.25) is 5.91 Å². The lowest BCUT2D eigenvalue weighted by molar-refractivity contribution is -0.145. The summed E-state index contributed by atoms with van der Waals surface area (Å²) in [5.41, 5.74) is 3.51. The Bertz CT molecular complexity index is 911. The van der Waals surface area contributed by atoms with Gasteiger partial charge in [0, 0.05) is 43.6 Å². The van der Waals surface area contributed by atoms with Crippen LogP contribution in [0.15, 0.2) is 36.4 Å². The highest BCUT2D eigenvalue weighted by atomic mass is 16.5. The number of likely N-dealkylation sites (tertiary alicyclic amines) is 1. The molecule has 6 heteroatoms. The fraction of sp³-hybridized carbons (Fsp3) is 0.478. The maximum absolute atomic E-state index is 13.4. The molecule has 154 valence electrons. The first-order valence-corrected chi connectivity index (χ1v) is 10.3. The molecular formula is C23H29N3O3. The Labute approximate surface area is 172 Å². The van der Waals surface area contributed by atoms with E-state index >= 15 is 0 Å². The molecule has 0 radical (unpaired) electrons. The van der Waals surface area contributed by atoms with Crippen LogP contribution in [-0.4, -0.2) is 64.6 Å². The molecule has 6 nitrogen and oxygen atoms in total. The van der Waals surface area contributed by atoms with Crippen molar-refractivity contribution in [3.63, 3.8) is 0 Å². The molecule has 2 aromatic rings. The number of hydrogen-bond acceptors (Lipinski definition) is 3. The summed E-state index contributed by atoms with van der Waals surface area (Å²) in [7, 11) is 0. The lowest BCUT2D eigenvalue weighted by Gasteiger charge is -2.47. The number of benzene rings is 1. The average molecular weight is 396 g/mol. The van der Waals surface area contributed by atoms with Gasteiger partial charge in [-0.3, -0.25) is 9.59 Å². The maximum atomic E-state index is 13.4. The molecule has 2 saturated heterocycles. The molecule has 2 fully saturated rings. The third-order valence-electron chi connectivity index (χ3n) is 6.33.